The molecule has 0 unspecified atom stereocenters. The molecule has 0 spiro atoms. The van der Waals surface area contributed by atoms with Crippen LogP contribution in [0.4, 0.5) is 5.82 Å². The Morgan fingerprint density at radius 1 is 1.38 bits per heavy atom. The molecule has 0 aliphatic carbocycles. The van der Waals surface area contributed by atoms with Gasteiger partial charge >= 0.3 is 0 Å². The Kier molecular flexibility index (Phi) is 3.93. The molecular weight excluding hydrogens is 302 g/mol. The topological polar surface area (TPSA) is 29.9 Å². The Morgan fingerprint density at radius 3 is 2.86 bits per heavy atom. The molecule has 0 saturated heterocycles. The van der Waals surface area contributed by atoms with Crippen molar-refractivity contribution in [2.75, 3.05) is 11.1 Å². The number of thioether (sulfide) groups is 1. The molecule has 1 aromatic carbocycles. The predicted molar refractivity (Wildman–Crippen MR) is 91.5 cm³/mol. The van der Waals surface area contributed by atoms with Gasteiger partial charge in [0, 0.05) is 29.4 Å². The van der Waals surface area contributed by atoms with Crippen molar-refractivity contribution >= 4 is 29.2 Å². The van der Waals surface area contributed by atoms with Gasteiger partial charge in [-0.05, 0) is 44.0 Å². The van der Waals surface area contributed by atoms with Crippen LogP contribution in [-0.4, -0.2) is 21.6 Å². The molecule has 1 N–H and O–H groups in total. The van der Waals surface area contributed by atoms with E-state index in [2.05, 4.69) is 37.3 Å². The van der Waals surface area contributed by atoms with Crippen LogP contribution in [0, 0.1) is 13.8 Å². The third-order valence-electron chi connectivity index (χ3n) is 3.94. The van der Waals surface area contributed by atoms with Gasteiger partial charge in [-0.2, -0.15) is 5.10 Å². The minimum absolute atomic E-state index is 0.309. The van der Waals surface area contributed by atoms with Crippen LogP contribution < -0.4 is 5.32 Å². The highest BCUT2D eigenvalue weighted by Gasteiger charge is 2.29. The first-order valence-corrected chi connectivity index (χ1v) is 8.57. The Balaban J connectivity index is 2.15. The molecule has 5 heteroatoms. The zero-order valence-electron chi connectivity index (χ0n) is 12.8. The van der Waals surface area contributed by atoms with Crippen molar-refractivity contribution in [2.45, 2.75) is 32.1 Å². The van der Waals surface area contributed by atoms with E-state index in [9.17, 15) is 0 Å². The number of anilines is 1. The number of hydrogen-bond acceptors (Lipinski definition) is 3. The van der Waals surface area contributed by atoms with Gasteiger partial charge in [0.05, 0.1) is 10.9 Å². The van der Waals surface area contributed by atoms with Crippen LogP contribution in [0.2, 0.25) is 5.02 Å². The number of aromatic nitrogens is 2. The molecule has 2 atom stereocenters. The molecule has 1 aromatic heterocycles. The maximum absolute atomic E-state index is 6.11. The van der Waals surface area contributed by atoms with Gasteiger partial charge in [-0.1, -0.05) is 17.7 Å². The van der Waals surface area contributed by atoms with Gasteiger partial charge in [0.15, 0.2) is 0 Å². The van der Waals surface area contributed by atoms with E-state index in [4.69, 9.17) is 11.6 Å². The van der Waals surface area contributed by atoms with Gasteiger partial charge in [0.25, 0.3) is 0 Å². The van der Waals surface area contributed by atoms with Crippen molar-refractivity contribution in [2.24, 2.45) is 7.05 Å². The maximum atomic E-state index is 6.11. The number of nitrogens with one attached hydrogen (secondary N) is 1. The smallest absolute Gasteiger partial charge is 0.129 e. The van der Waals surface area contributed by atoms with E-state index >= 15 is 0 Å². The minimum atomic E-state index is 0.309. The molecule has 2 heterocycles. The highest BCUT2D eigenvalue weighted by Crippen LogP contribution is 2.44. The second-order valence-corrected chi connectivity index (χ2v) is 7.31. The summed E-state index contributed by atoms with van der Waals surface area (Å²) < 4.78 is 1.96. The molecule has 3 nitrogen and oxygen atoms in total. The van der Waals surface area contributed by atoms with Crippen molar-refractivity contribution in [3.63, 3.8) is 0 Å². The van der Waals surface area contributed by atoms with Crippen molar-refractivity contribution < 1.29 is 0 Å². The van der Waals surface area contributed by atoms with E-state index in [1.165, 1.54) is 16.7 Å². The summed E-state index contributed by atoms with van der Waals surface area (Å²) in [5.41, 5.74) is 4.97. The number of nitrogens with zero attached hydrogens (tertiary/aromatic N) is 2. The van der Waals surface area contributed by atoms with Crippen molar-refractivity contribution in [1.82, 2.24) is 9.78 Å². The van der Waals surface area contributed by atoms with Crippen molar-refractivity contribution in [3.8, 4) is 0 Å². The molecule has 0 radical (unpaired) electrons. The highest BCUT2D eigenvalue weighted by atomic mass is 35.5. The van der Waals surface area contributed by atoms with Gasteiger partial charge in [-0.3, -0.25) is 4.68 Å². The standard InChI is InChI=1S/C16H20ClN3S/c1-9-7-12(17)5-6-13(9)15-14-11(3)19-20(4)16(14)18-10(2)8-21-15/h5-7,10,15,18H,8H2,1-4H3/t10-,15-/m1/s1. The van der Waals surface area contributed by atoms with Crippen LogP contribution in [0.3, 0.4) is 0 Å². The average molecular weight is 322 g/mol. The second kappa shape index (κ2) is 5.58. The van der Waals surface area contributed by atoms with Gasteiger partial charge < -0.3 is 5.32 Å². The second-order valence-electron chi connectivity index (χ2n) is 5.73. The number of fused-ring (bicyclic) bond motifs is 1. The SMILES string of the molecule is Cc1cc(Cl)ccc1[C@H]1SC[C@@H](C)Nc2c1c(C)nn2C. The summed E-state index contributed by atoms with van der Waals surface area (Å²) in [5, 5.41) is 9.31. The molecule has 0 fully saturated rings. The third-order valence-corrected chi connectivity index (χ3v) is 5.69. The van der Waals surface area contributed by atoms with Crippen LogP contribution in [0.5, 0.6) is 0 Å². The molecular formula is C16H20ClN3S. The summed E-state index contributed by atoms with van der Waals surface area (Å²) in [5.74, 6) is 2.21. The molecule has 0 amide bonds. The molecule has 0 bridgehead atoms. The normalized spacial score (nSPS) is 21.6. The van der Waals surface area contributed by atoms with Crippen LogP contribution in [-0.2, 0) is 7.05 Å². The van der Waals surface area contributed by atoms with Crippen molar-refractivity contribution in [3.05, 3.63) is 45.6 Å². The number of hydrogen-bond donors (Lipinski definition) is 1. The minimum Gasteiger partial charge on any atom is -0.367 e. The number of aryl methyl sites for hydroxylation is 3. The fraction of sp³-hybridized carbons (Fsp3) is 0.438. The molecule has 0 saturated carbocycles. The Morgan fingerprint density at radius 2 is 2.14 bits per heavy atom. The van der Waals surface area contributed by atoms with E-state index in [0.717, 1.165) is 22.3 Å². The summed E-state index contributed by atoms with van der Waals surface area (Å²) in [6.45, 7) is 6.44. The molecule has 1 aliphatic heterocycles. The Bertz CT molecular complexity index is 680. The molecule has 2 aromatic rings. The van der Waals surface area contributed by atoms with Crippen LogP contribution in [0.25, 0.3) is 0 Å². The fourth-order valence-corrected chi connectivity index (χ4v) is 4.62. The zero-order valence-corrected chi connectivity index (χ0v) is 14.3. The number of halogens is 1. The first kappa shape index (κ1) is 14.8. The lowest BCUT2D eigenvalue weighted by Gasteiger charge is -2.18. The van der Waals surface area contributed by atoms with E-state index < -0.39 is 0 Å². The maximum Gasteiger partial charge on any atom is 0.129 e. The molecule has 1 aliphatic rings. The molecule has 112 valence electrons. The van der Waals surface area contributed by atoms with E-state index in [1.807, 2.05) is 35.6 Å². The fourth-order valence-electron chi connectivity index (χ4n) is 2.94. The van der Waals surface area contributed by atoms with Gasteiger partial charge in [0.2, 0.25) is 0 Å². The quantitative estimate of drug-likeness (QED) is 0.848. The van der Waals surface area contributed by atoms with E-state index in [0.29, 0.717) is 11.3 Å². The Hall–Kier alpha value is -1.13. The summed E-state index contributed by atoms with van der Waals surface area (Å²) in [6, 6.07) is 6.62. The van der Waals surface area contributed by atoms with Crippen LogP contribution >= 0.6 is 23.4 Å². The first-order chi connectivity index (χ1) is 9.97. The monoisotopic (exact) mass is 321 g/mol. The summed E-state index contributed by atoms with van der Waals surface area (Å²) in [7, 11) is 2.01. The van der Waals surface area contributed by atoms with Gasteiger partial charge in [-0.15, -0.1) is 11.8 Å². The highest BCUT2D eigenvalue weighted by molar-refractivity contribution is 7.99. The first-order valence-electron chi connectivity index (χ1n) is 7.15. The molecule has 3 rings (SSSR count). The largest absolute Gasteiger partial charge is 0.367 e. The average Bonchev–Trinajstić information content (AvgIpc) is 2.59. The lowest BCUT2D eigenvalue weighted by Crippen LogP contribution is -2.18. The van der Waals surface area contributed by atoms with E-state index in [1.54, 1.807) is 0 Å². The lowest BCUT2D eigenvalue weighted by atomic mass is 9.99. The van der Waals surface area contributed by atoms with Crippen LogP contribution in [0.1, 0.15) is 34.6 Å². The van der Waals surface area contributed by atoms with Crippen LogP contribution in [0.15, 0.2) is 18.2 Å². The van der Waals surface area contributed by atoms with Gasteiger partial charge in [0.1, 0.15) is 5.82 Å². The summed E-state index contributed by atoms with van der Waals surface area (Å²) in [4.78, 5) is 0. The number of benzene rings is 1. The van der Waals surface area contributed by atoms with Gasteiger partial charge in [-0.25, -0.2) is 0 Å². The summed E-state index contributed by atoms with van der Waals surface area (Å²) in [6.07, 6.45) is 0. The lowest BCUT2D eigenvalue weighted by molar-refractivity contribution is 0.747. The predicted octanol–water partition coefficient (Wildman–Crippen LogP) is 4.33. The van der Waals surface area contributed by atoms with E-state index in [-0.39, 0.29) is 0 Å². The van der Waals surface area contributed by atoms with Crippen molar-refractivity contribution in [1.29, 1.82) is 0 Å². The molecule has 21 heavy (non-hydrogen) atoms. The number of rotatable bonds is 1. The summed E-state index contributed by atoms with van der Waals surface area (Å²) >= 11 is 8.09. The third kappa shape index (κ3) is 2.67. The zero-order chi connectivity index (χ0) is 15.1. The Labute approximate surface area is 135 Å².